The highest BCUT2D eigenvalue weighted by Gasteiger charge is 2.59. The third kappa shape index (κ3) is 14.0. The molecule has 0 aromatic carbocycles. The van der Waals surface area contributed by atoms with Gasteiger partial charge in [-0.1, -0.05) is 22.9 Å². The zero-order chi connectivity index (χ0) is 44.3. The van der Waals surface area contributed by atoms with E-state index in [1.54, 1.807) is 6.92 Å². The van der Waals surface area contributed by atoms with Crippen LogP contribution in [0.2, 0.25) is 0 Å². The maximum atomic E-state index is 12.8. The Morgan fingerprint density at radius 1 is 0.424 bits per heavy atom. The summed E-state index contributed by atoms with van der Waals surface area (Å²) in [6, 6.07) is 0. The highest BCUT2D eigenvalue weighted by atomic mass is 79.9. The molecule has 0 aromatic heterocycles. The fraction of sp³-hybridized carbons (Fsp3) is 0.778. The Balaban J connectivity index is 2.23. The molecule has 0 bridgehead atoms. The minimum Gasteiger partial charge on any atom is -0.463 e. The van der Waals surface area contributed by atoms with Gasteiger partial charge in [-0.05, 0) is 0 Å². The van der Waals surface area contributed by atoms with Gasteiger partial charge in [0.2, 0.25) is 0 Å². The summed E-state index contributed by atoms with van der Waals surface area (Å²) in [7, 11) is 1.21. The fourth-order valence-corrected chi connectivity index (χ4v) is 7.40. The van der Waals surface area contributed by atoms with Gasteiger partial charge in [-0.25, -0.2) is 0 Å². The Morgan fingerprint density at radius 2 is 0.729 bits per heavy atom. The van der Waals surface area contributed by atoms with Crippen LogP contribution in [0, 0.1) is 5.92 Å². The van der Waals surface area contributed by atoms with Crippen LogP contribution in [0.15, 0.2) is 0 Å². The Kier molecular flexibility index (Phi) is 18.9. The lowest BCUT2D eigenvalue weighted by atomic mass is 9.90. The molecule has 0 aromatic rings. The van der Waals surface area contributed by atoms with Crippen molar-refractivity contribution >= 4 is 63.7 Å². The maximum Gasteiger partial charge on any atom is 0.303 e. The third-order valence-electron chi connectivity index (χ3n) is 8.87. The number of alkyl halides is 1. The van der Waals surface area contributed by atoms with Crippen molar-refractivity contribution in [1.29, 1.82) is 0 Å². The van der Waals surface area contributed by atoms with E-state index in [2.05, 4.69) is 15.9 Å². The quantitative estimate of drug-likeness (QED) is 0.115. The molecule has 15 atom stereocenters. The molecule has 3 rings (SSSR count). The van der Waals surface area contributed by atoms with Gasteiger partial charge in [-0.3, -0.25) is 38.4 Å². The van der Waals surface area contributed by atoms with Gasteiger partial charge in [0.25, 0.3) is 0 Å². The Labute approximate surface area is 347 Å². The molecule has 3 saturated heterocycles. The minimum absolute atomic E-state index is 0.176. The van der Waals surface area contributed by atoms with E-state index in [1.807, 2.05) is 0 Å². The monoisotopic (exact) mass is 914 g/mol. The number of esters is 8. The van der Waals surface area contributed by atoms with E-state index in [4.69, 9.17) is 66.3 Å². The third-order valence-corrected chi connectivity index (χ3v) is 9.51. The van der Waals surface area contributed by atoms with Gasteiger partial charge < -0.3 is 66.3 Å². The van der Waals surface area contributed by atoms with Crippen LogP contribution in [-0.2, 0) is 105 Å². The lowest BCUT2D eigenvalue weighted by Gasteiger charge is -2.50. The zero-order valence-corrected chi connectivity index (χ0v) is 35.7. The summed E-state index contributed by atoms with van der Waals surface area (Å²) in [5.74, 6) is -7.27. The first-order valence-corrected chi connectivity index (χ1v) is 19.4. The summed E-state index contributed by atoms with van der Waals surface area (Å²) in [5.41, 5.74) is 0. The first kappa shape index (κ1) is 49.4. The van der Waals surface area contributed by atoms with Gasteiger partial charge in [0.15, 0.2) is 49.4 Å². The van der Waals surface area contributed by atoms with Crippen LogP contribution in [-0.4, -0.2) is 159 Å². The molecule has 0 aliphatic carbocycles. The molecule has 0 saturated carbocycles. The number of carbonyl (C=O) groups is 8. The second-order valence-corrected chi connectivity index (χ2v) is 14.3. The molecule has 0 radical (unpaired) electrons. The van der Waals surface area contributed by atoms with Crippen LogP contribution in [0.5, 0.6) is 0 Å². The first-order chi connectivity index (χ1) is 27.7. The minimum atomic E-state index is -1.87. The molecule has 3 aliphatic rings. The number of carbonyl (C=O) groups excluding carboxylic acids is 8. The van der Waals surface area contributed by atoms with Gasteiger partial charge in [-0.15, -0.1) is 0 Å². The highest BCUT2D eigenvalue weighted by Crippen LogP contribution is 2.38. The molecule has 23 heteroatoms. The lowest BCUT2D eigenvalue weighted by Crippen LogP contribution is -2.68. The van der Waals surface area contributed by atoms with Gasteiger partial charge in [-0.2, -0.15) is 0 Å². The molecule has 3 fully saturated rings. The van der Waals surface area contributed by atoms with E-state index in [9.17, 15) is 38.4 Å². The van der Waals surface area contributed by atoms with Gasteiger partial charge >= 0.3 is 47.8 Å². The largest absolute Gasteiger partial charge is 0.463 e. The predicted octanol–water partition coefficient (Wildman–Crippen LogP) is 0.325. The Hall–Kier alpha value is -4.00. The molecule has 0 spiro atoms. The Morgan fingerprint density at radius 3 is 1.07 bits per heavy atom. The normalized spacial score (nSPS) is 34.3. The number of hydrogen-bond donors (Lipinski definition) is 0. The summed E-state index contributed by atoms with van der Waals surface area (Å²) in [6.07, 6.45) is -20.9. The van der Waals surface area contributed by atoms with E-state index in [1.165, 1.54) is 7.11 Å². The second-order valence-electron chi connectivity index (χ2n) is 13.6. The molecule has 334 valence electrons. The van der Waals surface area contributed by atoms with Crippen molar-refractivity contribution in [2.75, 3.05) is 25.7 Å². The van der Waals surface area contributed by atoms with Gasteiger partial charge in [0.1, 0.15) is 43.7 Å². The van der Waals surface area contributed by atoms with Crippen LogP contribution in [0.1, 0.15) is 62.3 Å². The maximum absolute atomic E-state index is 12.8. The number of ether oxygens (including phenoxy) is 14. The summed E-state index contributed by atoms with van der Waals surface area (Å²) in [5, 5.41) is 0.176. The van der Waals surface area contributed by atoms with Crippen LogP contribution < -0.4 is 0 Å². The topological polar surface area (TPSA) is 266 Å². The average molecular weight is 916 g/mol. The molecule has 0 amide bonds. The molecular formula is C36H51BrO22. The standard InChI is InChI=1S/C36H51BrO22/c1-14-23(11-37)55-35(31(52-20(7)43)26(14)49-17(4)40)58-28-25(13-48-16(3)39)57-36(33(54-22(9)45)30(28)51-19(6)42)59-27-24(12-47-15(2)38)56-34(46-10)32(53-21(8)44)29(27)50-18(5)41/h14,23-36H,11-13H2,1-10H3/t14-,23?,24?,25?,26+,27-,28-,29+,30+,31?,32?,33?,34+,35-,36-/m1/s1. The zero-order valence-electron chi connectivity index (χ0n) is 34.1. The van der Waals surface area contributed by atoms with E-state index < -0.39 is 153 Å². The van der Waals surface area contributed by atoms with Gasteiger partial charge in [0.05, 0.1) is 6.10 Å². The van der Waals surface area contributed by atoms with Crippen LogP contribution in [0.4, 0.5) is 0 Å². The number of halogens is 1. The van der Waals surface area contributed by atoms with Crippen LogP contribution in [0.3, 0.4) is 0 Å². The summed E-state index contributed by atoms with van der Waals surface area (Å²) in [6.45, 7) is 9.11. The highest BCUT2D eigenvalue weighted by molar-refractivity contribution is 9.09. The molecule has 0 N–H and O–H groups in total. The Bertz CT molecular complexity index is 1520. The van der Waals surface area contributed by atoms with E-state index in [0.29, 0.717) is 0 Å². The first-order valence-electron chi connectivity index (χ1n) is 18.3. The fourth-order valence-electron chi connectivity index (χ4n) is 6.65. The van der Waals surface area contributed by atoms with Crippen molar-refractivity contribution in [3.8, 4) is 0 Å². The lowest BCUT2D eigenvalue weighted by molar-refractivity contribution is -0.376. The average Bonchev–Trinajstić information content (AvgIpc) is 3.11. The second kappa shape index (κ2) is 22.6. The van der Waals surface area contributed by atoms with Gasteiger partial charge in [0, 0.05) is 73.7 Å². The van der Waals surface area contributed by atoms with Crippen molar-refractivity contribution in [2.24, 2.45) is 5.92 Å². The molecule has 22 nitrogen and oxygen atoms in total. The number of methoxy groups -OCH3 is 1. The molecular weight excluding hydrogens is 864 g/mol. The smallest absolute Gasteiger partial charge is 0.303 e. The van der Waals surface area contributed by atoms with Crippen molar-refractivity contribution < 1.29 is 105 Å². The summed E-state index contributed by atoms with van der Waals surface area (Å²) >= 11 is 3.37. The van der Waals surface area contributed by atoms with Crippen molar-refractivity contribution in [3.63, 3.8) is 0 Å². The summed E-state index contributed by atoms with van der Waals surface area (Å²) in [4.78, 5) is 99.2. The van der Waals surface area contributed by atoms with Crippen molar-refractivity contribution in [1.82, 2.24) is 0 Å². The molecule has 6 unspecified atom stereocenters. The van der Waals surface area contributed by atoms with E-state index in [-0.39, 0.29) is 5.33 Å². The summed E-state index contributed by atoms with van der Waals surface area (Å²) < 4.78 is 80.8. The predicted molar refractivity (Wildman–Crippen MR) is 192 cm³/mol. The number of hydrogen-bond acceptors (Lipinski definition) is 22. The van der Waals surface area contributed by atoms with Crippen molar-refractivity contribution in [3.05, 3.63) is 0 Å². The molecule has 3 aliphatic heterocycles. The number of rotatable bonds is 16. The van der Waals surface area contributed by atoms with E-state index in [0.717, 1.165) is 55.4 Å². The van der Waals surface area contributed by atoms with E-state index >= 15 is 0 Å². The van der Waals surface area contributed by atoms with Crippen molar-refractivity contribution in [2.45, 2.75) is 148 Å². The van der Waals surface area contributed by atoms with Crippen LogP contribution in [0.25, 0.3) is 0 Å². The molecule has 3 heterocycles. The van der Waals surface area contributed by atoms with Crippen LogP contribution >= 0.6 is 15.9 Å². The SMILES string of the molecule is CO[C@H]1OC(COC(C)=O)[C@@H](O[C@H]2OC(COC(C)=O)[C@@H](O[C@H]3OC(CBr)[C@@H](C)[C@H](OC(C)=O)C3OC(C)=O)[C@H](OC(C)=O)C2OC(C)=O)[C@H](OC(C)=O)C1OC(C)=O. The molecule has 59 heavy (non-hydrogen) atoms.